The average Bonchev–Trinajstić information content (AvgIpc) is 2.96. The van der Waals surface area contributed by atoms with Crippen molar-refractivity contribution in [2.24, 2.45) is 0 Å². The molecule has 2 heterocycles. The summed E-state index contributed by atoms with van der Waals surface area (Å²) in [6, 6.07) is 3.88. The quantitative estimate of drug-likeness (QED) is 0.870. The number of fused-ring (bicyclic) bond motifs is 1. The van der Waals surface area contributed by atoms with Crippen LogP contribution in [-0.2, 0) is 9.31 Å². The van der Waals surface area contributed by atoms with Crippen molar-refractivity contribution in [1.29, 1.82) is 0 Å². The molecule has 0 amide bonds. The predicted molar refractivity (Wildman–Crippen MR) is 87.0 cm³/mol. The molecule has 6 heteroatoms. The summed E-state index contributed by atoms with van der Waals surface area (Å²) >= 11 is 0. The van der Waals surface area contributed by atoms with Crippen LogP contribution in [0.5, 0.6) is 11.5 Å². The molecule has 0 radical (unpaired) electrons. The SMILES string of the molecule is CCC1Nc2c(OC)ccc(B3OC(C)(C)C(C)(C)O3)c2O1. The Balaban J connectivity index is 1.99. The van der Waals surface area contributed by atoms with Gasteiger partial charge in [-0.3, -0.25) is 0 Å². The highest BCUT2D eigenvalue weighted by Gasteiger charge is 2.53. The second-order valence-corrected chi connectivity index (χ2v) is 6.81. The molecule has 0 aliphatic carbocycles. The minimum atomic E-state index is -0.443. The first-order valence-electron chi connectivity index (χ1n) is 7.79. The van der Waals surface area contributed by atoms with Crippen LogP contribution >= 0.6 is 0 Å². The number of hydrogen-bond acceptors (Lipinski definition) is 5. The molecule has 1 N–H and O–H groups in total. The van der Waals surface area contributed by atoms with Gasteiger partial charge in [0.15, 0.2) is 6.23 Å². The van der Waals surface area contributed by atoms with Crippen LogP contribution in [0.15, 0.2) is 12.1 Å². The van der Waals surface area contributed by atoms with E-state index in [1.807, 2.05) is 39.8 Å². The second kappa shape index (κ2) is 5.06. The van der Waals surface area contributed by atoms with Gasteiger partial charge >= 0.3 is 7.12 Å². The van der Waals surface area contributed by atoms with Crippen LogP contribution in [0.1, 0.15) is 41.0 Å². The zero-order chi connectivity index (χ0) is 16.1. The van der Waals surface area contributed by atoms with E-state index in [0.717, 1.165) is 29.1 Å². The number of hydrogen-bond donors (Lipinski definition) is 1. The first-order chi connectivity index (χ1) is 10.3. The highest BCUT2D eigenvalue weighted by molar-refractivity contribution is 6.63. The molecule has 0 saturated carbocycles. The largest absolute Gasteiger partial charge is 0.498 e. The molecule has 5 nitrogen and oxygen atoms in total. The molecule has 1 aromatic rings. The van der Waals surface area contributed by atoms with E-state index >= 15 is 0 Å². The molecule has 1 aromatic carbocycles. The smallest absolute Gasteiger partial charge is 0.494 e. The van der Waals surface area contributed by atoms with E-state index in [4.69, 9.17) is 18.8 Å². The van der Waals surface area contributed by atoms with Gasteiger partial charge in [0.2, 0.25) is 0 Å². The lowest BCUT2D eigenvalue weighted by molar-refractivity contribution is 0.00578. The summed E-state index contributed by atoms with van der Waals surface area (Å²) in [4.78, 5) is 0. The van der Waals surface area contributed by atoms with E-state index in [1.165, 1.54) is 0 Å². The van der Waals surface area contributed by atoms with Crippen LogP contribution in [0, 0.1) is 0 Å². The lowest BCUT2D eigenvalue weighted by atomic mass is 9.78. The standard InChI is InChI=1S/C16H24BNO4/c1-7-12-18-13-11(19-6)9-8-10(14(13)20-12)17-21-15(2,3)16(4,5)22-17/h8-9,12,18H,7H2,1-6H3. The number of benzene rings is 1. The monoisotopic (exact) mass is 305 g/mol. The Kier molecular flexibility index (Phi) is 3.57. The molecule has 120 valence electrons. The molecule has 22 heavy (non-hydrogen) atoms. The molecule has 0 spiro atoms. The molecule has 2 aliphatic rings. The van der Waals surface area contributed by atoms with Gasteiger partial charge in [-0.25, -0.2) is 0 Å². The highest BCUT2D eigenvalue weighted by Crippen LogP contribution is 2.42. The lowest BCUT2D eigenvalue weighted by Crippen LogP contribution is -2.41. The van der Waals surface area contributed by atoms with Gasteiger partial charge in [-0.15, -0.1) is 0 Å². The number of methoxy groups -OCH3 is 1. The van der Waals surface area contributed by atoms with Crippen molar-refractivity contribution in [3.63, 3.8) is 0 Å². The maximum Gasteiger partial charge on any atom is 0.498 e. The van der Waals surface area contributed by atoms with E-state index in [-0.39, 0.29) is 17.4 Å². The van der Waals surface area contributed by atoms with E-state index in [0.29, 0.717) is 0 Å². The maximum atomic E-state index is 6.15. The van der Waals surface area contributed by atoms with Crippen LogP contribution in [0.2, 0.25) is 0 Å². The summed E-state index contributed by atoms with van der Waals surface area (Å²) in [6.45, 7) is 10.3. The Labute approximate surface area is 132 Å². The summed E-state index contributed by atoms with van der Waals surface area (Å²) in [7, 11) is 1.22. The molecular formula is C16H24BNO4. The minimum Gasteiger partial charge on any atom is -0.494 e. The summed E-state index contributed by atoms with van der Waals surface area (Å²) in [6.07, 6.45) is 0.813. The first kappa shape index (κ1) is 15.5. The molecule has 1 saturated heterocycles. The Morgan fingerprint density at radius 2 is 1.82 bits per heavy atom. The number of nitrogens with one attached hydrogen (secondary N) is 1. The molecule has 2 aliphatic heterocycles. The average molecular weight is 305 g/mol. The highest BCUT2D eigenvalue weighted by atomic mass is 16.7. The fourth-order valence-electron chi connectivity index (χ4n) is 2.69. The van der Waals surface area contributed by atoms with Crippen LogP contribution < -0.4 is 20.3 Å². The van der Waals surface area contributed by atoms with E-state index in [1.54, 1.807) is 7.11 Å². The molecule has 1 fully saturated rings. The first-order valence-corrected chi connectivity index (χ1v) is 7.79. The van der Waals surface area contributed by atoms with Gasteiger partial charge in [0.25, 0.3) is 0 Å². The van der Waals surface area contributed by atoms with E-state index < -0.39 is 7.12 Å². The van der Waals surface area contributed by atoms with Crippen molar-refractivity contribution in [1.82, 2.24) is 0 Å². The van der Waals surface area contributed by atoms with Gasteiger partial charge in [-0.05, 0) is 33.8 Å². The van der Waals surface area contributed by atoms with Crippen LogP contribution in [0.25, 0.3) is 0 Å². The Hall–Kier alpha value is -1.40. The van der Waals surface area contributed by atoms with Crippen LogP contribution in [-0.4, -0.2) is 31.7 Å². The zero-order valence-electron chi connectivity index (χ0n) is 14.1. The van der Waals surface area contributed by atoms with Crippen molar-refractivity contribution in [2.75, 3.05) is 12.4 Å². The van der Waals surface area contributed by atoms with Gasteiger partial charge in [0.1, 0.15) is 17.2 Å². The third kappa shape index (κ3) is 2.25. The molecule has 1 atom stereocenters. The molecule has 0 bridgehead atoms. The minimum absolute atomic E-state index is 0.0486. The number of rotatable bonds is 3. The number of anilines is 1. The van der Waals surface area contributed by atoms with E-state index in [9.17, 15) is 0 Å². The van der Waals surface area contributed by atoms with Crippen LogP contribution in [0.4, 0.5) is 5.69 Å². The van der Waals surface area contributed by atoms with Gasteiger partial charge in [0, 0.05) is 11.9 Å². The third-order valence-corrected chi connectivity index (χ3v) is 4.81. The Bertz CT molecular complexity index is 572. The van der Waals surface area contributed by atoms with Crippen molar-refractivity contribution < 1.29 is 18.8 Å². The van der Waals surface area contributed by atoms with Crippen molar-refractivity contribution in [3.8, 4) is 11.5 Å². The van der Waals surface area contributed by atoms with Gasteiger partial charge in [0.05, 0.1) is 18.3 Å². The third-order valence-electron chi connectivity index (χ3n) is 4.81. The van der Waals surface area contributed by atoms with Gasteiger partial charge < -0.3 is 24.1 Å². The fraction of sp³-hybridized carbons (Fsp3) is 0.625. The van der Waals surface area contributed by atoms with Crippen molar-refractivity contribution in [3.05, 3.63) is 12.1 Å². The normalized spacial score (nSPS) is 24.6. The summed E-state index contributed by atoms with van der Waals surface area (Å²) in [5.41, 5.74) is 1.03. The fourth-order valence-corrected chi connectivity index (χ4v) is 2.69. The predicted octanol–water partition coefficient (Wildman–Crippen LogP) is 2.53. The van der Waals surface area contributed by atoms with Crippen molar-refractivity contribution >= 4 is 18.3 Å². The molecule has 1 unspecified atom stereocenters. The van der Waals surface area contributed by atoms with E-state index in [2.05, 4.69) is 12.2 Å². The molecule has 0 aromatic heterocycles. The van der Waals surface area contributed by atoms with Crippen molar-refractivity contribution in [2.45, 2.75) is 58.5 Å². The maximum absolute atomic E-state index is 6.15. The molecule has 3 rings (SSSR count). The lowest BCUT2D eigenvalue weighted by Gasteiger charge is -2.32. The van der Waals surface area contributed by atoms with Gasteiger partial charge in [-0.2, -0.15) is 0 Å². The number of ether oxygens (including phenoxy) is 2. The summed E-state index contributed by atoms with van der Waals surface area (Å²) in [5.74, 6) is 1.54. The Morgan fingerprint density at radius 1 is 1.18 bits per heavy atom. The second-order valence-electron chi connectivity index (χ2n) is 6.81. The Morgan fingerprint density at radius 3 is 2.36 bits per heavy atom. The summed E-state index contributed by atoms with van der Waals surface area (Å²) in [5, 5.41) is 3.35. The van der Waals surface area contributed by atoms with Crippen LogP contribution in [0.3, 0.4) is 0 Å². The topological polar surface area (TPSA) is 49.0 Å². The zero-order valence-corrected chi connectivity index (χ0v) is 14.1. The molecular weight excluding hydrogens is 281 g/mol. The van der Waals surface area contributed by atoms with Gasteiger partial charge in [-0.1, -0.05) is 13.0 Å². The summed E-state index contributed by atoms with van der Waals surface area (Å²) < 4.78 is 23.7.